The summed E-state index contributed by atoms with van der Waals surface area (Å²) in [7, 11) is 0. The molecule has 1 aromatic heterocycles. The highest BCUT2D eigenvalue weighted by molar-refractivity contribution is 6.04. The van der Waals surface area contributed by atoms with Gasteiger partial charge in [-0.15, -0.1) is 0 Å². The Bertz CT molecular complexity index is 894. The van der Waals surface area contributed by atoms with Crippen LogP contribution in [0.1, 0.15) is 35.2 Å². The zero-order valence-electron chi connectivity index (χ0n) is 15.1. The molecule has 136 valence electrons. The molecule has 0 aliphatic carbocycles. The Hall–Kier alpha value is -3.47. The number of hydrogen-bond donors (Lipinski definition) is 2. The third kappa shape index (κ3) is 5.25. The Morgan fingerprint density at radius 3 is 2.30 bits per heavy atom. The molecule has 0 aliphatic heterocycles. The first-order chi connectivity index (χ1) is 13.1. The molecule has 0 spiro atoms. The van der Waals surface area contributed by atoms with Crippen molar-refractivity contribution in [2.75, 3.05) is 10.6 Å². The Labute approximate surface area is 158 Å². The first-order valence-electron chi connectivity index (χ1n) is 8.78. The third-order valence-electron chi connectivity index (χ3n) is 4.21. The highest BCUT2D eigenvalue weighted by Gasteiger charge is 2.12. The lowest BCUT2D eigenvalue weighted by atomic mass is 9.97. The molecular formula is C22H21N3O2. The van der Waals surface area contributed by atoms with Gasteiger partial charge in [-0.05, 0) is 47.9 Å². The zero-order valence-corrected chi connectivity index (χ0v) is 15.1. The van der Waals surface area contributed by atoms with E-state index in [-0.39, 0.29) is 17.7 Å². The molecule has 5 heteroatoms. The topological polar surface area (TPSA) is 71.1 Å². The first-order valence-corrected chi connectivity index (χ1v) is 8.78. The van der Waals surface area contributed by atoms with Crippen LogP contribution in [0.2, 0.25) is 0 Å². The summed E-state index contributed by atoms with van der Waals surface area (Å²) in [5.41, 5.74) is 2.94. The van der Waals surface area contributed by atoms with E-state index in [1.54, 1.807) is 48.8 Å². The van der Waals surface area contributed by atoms with Crippen LogP contribution in [0.25, 0.3) is 0 Å². The highest BCUT2D eigenvalue weighted by atomic mass is 16.2. The lowest BCUT2D eigenvalue weighted by Crippen LogP contribution is -2.15. The van der Waals surface area contributed by atoms with Gasteiger partial charge in [0, 0.05) is 23.9 Å². The molecule has 0 fully saturated rings. The summed E-state index contributed by atoms with van der Waals surface area (Å²) >= 11 is 0. The van der Waals surface area contributed by atoms with Crippen molar-refractivity contribution in [3.8, 4) is 0 Å². The first kappa shape index (κ1) is 18.3. The fraction of sp³-hybridized carbons (Fsp3) is 0.136. The molecule has 0 aliphatic rings. The minimum Gasteiger partial charge on any atom is -0.326 e. The van der Waals surface area contributed by atoms with Gasteiger partial charge >= 0.3 is 0 Å². The molecule has 3 aromatic rings. The van der Waals surface area contributed by atoms with Gasteiger partial charge in [-0.25, -0.2) is 0 Å². The van der Waals surface area contributed by atoms with Crippen molar-refractivity contribution in [2.24, 2.45) is 0 Å². The summed E-state index contributed by atoms with van der Waals surface area (Å²) in [5.74, 6) is -0.145. The molecule has 2 N–H and O–H groups in total. The third-order valence-corrected chi connectivity index (χ3v) is 4.21. The number of pyridine rings is 1. The average Bonchev–Trinajstić information content (AvgIpc) is 2.70. The standard InChI is InChI=1S/C22H21N3O2/c1-16(17-6-3-2-4-7-17)14-21(26)24-19-11-9-18(10-12-19)22(27)25-20-8-5-13-23-15-20/h2-13,15-16H,14H2,1H3,(H,24,26)(H,25,27). The van der Waals surface area contributed by atoms with Crippen LogP contribution < -0.4 is 10.6 Å². The van der Waals surface area contributed by atoms with E-state index in [0.29, 0.717) is 23.4 Å². The molecule has 27 heavy (non-hydrogen) atoms. The summed E-state index contributed by atoms with van der Waals surface area (Å²) < 4.78 is 0. The summed E-state index contributed by atoms with van der Waals surface area (Å²) in [6, 6.07) is 20.3. The van der Waals surface area contributed by atoms with E-state index in [1.165, 1.54) is 0 Å². The number of aromatic nitrogens is 1. The van der Waals surface area contributed by atoms with Crippen molar-refractivity contribution >= 4 is 23.2 Å². The van der Waals surface area contributed by atoms with Crippen LogP contribution >= 0.6 is 0 Å². The maximum Gasteiger partial charge on any atom is 0.255 e. The fourth-order valence-corrected chi connectivity index (χ4v) is 2.73. The van der Waals surface area contributed by atoms with E-state index in [2.05, 4.69) is 15.6 Å². The predicted molar refractivity (Wildman–Crippen MR) is 107 cm³/mol. The summed E-state index contributed by atoms with van der Waals surface area (Å²) in [6.45, 7) is 2.03. The maximum atomic E-state index is 12.3. The van der Waals surface area contributed by atoms with Crippen molar-refractivity contribution in [1.29, 1.82) is 0 Å². The van der Waals surface area contributed by atoms with Gasteiger partial charge in [-0.3, -0.25) is 14.6 Å². The number of amides is 2. The molecule has 1 atom stereocenters. The van der Waals surface area contributed by atoms with E-state index >= 15 is 0 Å². The molecule has 5 nitrogen and oxygen atoms in total. The second-order valence-corrected chi connectivity index (χ2v) is 6.34. The van der Waals surface area contributed by atoms with E-state index in [4.69, 9.17) is 0 Å². The number of nitrogens with zero attached hydrogens (tertiary/aromatic N) is 1. The van der Waals surface area contributed by atoms with E-state index in [9.17, 15) is 9.59 Å². The summed E-state index contributed by atoms with van der Waals surface area (Å²) in [6.07, 6.45) is 3.62. The lowest BCUT2D eigenvalue weighted by molar-refractivity contribution is -0.116. The number of carbonyl (C=O) groups is 2. The van der Waals surface area contributed by atoms with Gasteiger partial charge in [0.05, 0.1) is 11.9 Å². The van der Waals surface area contributed by atoms with Crippen LogP contribution in [0.4, 0.5) is 11.4 Å². The van der Waals surface area contributed by atoms with Gasteiger partial charge in [0.25, 0.3) is 5.91 Å². The molecule has 0 saturated carbocycles. The molecule has 0 radical (unpaired) electrons. The maximum absolute atomic E-state index is 12.3. The molecule has 2 aromatic carbocycles. The summed E-state index contributed by atoms with van der Waals surface area (Å²) in [4.78, 5) is 28.4. The zero-order chi connectivity index (χ0) is 19.1. The largest absolute Gasteiger partial charge is 0.326 e. The van der Waals surface area contributed by atoms with Crippen LogP contribution in [0.5, 0.6) is 0 Å². The number of nitrogens with one attached hydrogen (secondary N) is 2. The SMILES string of the molecule is CC(CC(=O)Nc1ccc(C(=O)Nc2cccnc2)cc1)c1ccccc1. The van der Waals surface area contributed by atoms with Gasteiger partial charge < -0.3 is 10.6 Å². The van der Waals surface area contributed by atoms with Crippen LogP contribution in [-0.4, -0.2) is 16.8 Å². The predicted octanol–water partition coefficient (Wildman–Crippen LogP) is 4.47. The van der Waals surface area contributed by atoms with Crippen LogP contribution in [0.3, 0.4) is 0 Å². The van der Waals surface area contributed by atoms with Crippen LogP contribution in [0, 0.1) is 0 Å². The Morgan fingerprint density at radius 1 is 0.889 bits per heavy atom. The Kier molecular flexibility index (Phi) is 5.94. The summed E-state index contributed by atoms with van der Waals surface area (Å²) in [5, 5.41) is 5.65. The smallest absolute Gasteiger partial charge is 0.255 e. The number of rotatable bonds is 6. The molecule has 2 amide bonds. The van der Waals surface area contributed by atoms with Crippen molar-refractivity contribution in [3.05, 3.63) is 90.3 Å². The van der Waals surface area contributed by atoms with Crippen LogP contribution in [0.15, 0.2) is 79.1 Å². The van der Waals surface area contributed by atoms with Gasteiger partial charge in [-0.1, -0.05) is 37.3 Å². The van der Waals surface area contributed by atoms with Crippen molar-refractivity contribution in [3.63, 3.8) is 0 Å². The normalized spacial score (nSPS) is 11.4. The minimum atomic E-state index is -0.224. The number of hydrogen-bond acceptors (Lipinski definition) is 3. The van der Waals surface area contributed by atoms with E-state index in [1.807, 2.05) is 37.3 Å². The lowest BCUT2D eigenvalue weighted by Gasteiger charge is -2.12. The van der Waals surface area contributed by atoms with Crippen molar-refractivity contribution in [1.82, 2.24) is 4.98 Å². The quantitative estimate of drug-likeness (QED) is 0.682. The number of benzene rings is 2. The van der Waals surface area contributed by atoms with E-state index in [0.717, 1.165) is 5.56 Å². The molecule has 0 bridgehead atoms. The highest BCUT2D eigenvalue weighted by Crippen LogP contribution is 2.19. The Balaban J connectivity index is 1.55. The Morgan fingerprint density at radius 2 is 1.63 bits per heavy atom. The second-order valence-electron chi connectivity index (χ2n) is 6.34. The van der Waals surface area contributed by atoms with Gasteiger partial charge in [0.15, 0.2) is 0 Å². The number of carbonyl (C=O) groups excluding carboxylic acids is 2. The second kappa shape index (κ2) is 8.76. The number of anilines is 2. The van der Waals surface area contributed by atoms with Crippen LogP contribution in [-0.2, 0) is 4.79 Å². The monoisotopic (exact) mass is 359 g/mol. The van der Waals surface area contributed by atoms with E-state index < -0.39 is 0 Å². The van der Waals surface area contributed by atoms with Gasteiger partial charge in [-0.2, -0.15) is 0 Å². The molecule has 1 unspecified atom stereocenters. The van der Waals surface area contributed by atoms with Gasteiger partial charge in [0.2, 0.25) is 5.91 Å². The molecule has 0 saturated heterocycles. The fourth-order valence-electron chi connectivity index (χ4n) is 2.73. The average molecular weight is 359 g/mol. The molecule has 3 rings (SSSR count). The van der Waals surface area contributed by atoms with Crippen molar-refractivity contribution in [2.45, 2.75) is 19.3 Å². The minimum absolute atomic E-state index is 0.0566. The van der Waals surface area contributed by atoms with Crippen molar-refractivity contribution < 1.29 is 9.59 Å². The molecule has 1 heterocycles. The molecular weight excluding hydrogens is 338 g/mol. The van der Waals surface area contributed by atoms with Gasteiger partial charge in [0.1, 0.15) is 0 Å².